The fourth-order valence-electron chi connectivity index (χ4n) is 2.92. The fourth-order valence-corrected chi connectivity index (χ4v) is 3.05. The molecule has 0 saturated carbocycles. The van der Waals surface area contributed by atoms with E-state index in [1.54, 1.807) is 42.5 Å². The van der Waals surface area contributed by atoms with Gasteiger partial charge in [-0.1, -0.05) is 29.3 Å². The summed E-state index contributed by atoms with van der Waals surface area (Å²) in [6, 6.07) is 13.2. The molecule has 0 aromatic heterocycles. The summed E-state index contributed by atoms with van der Waals surface area (Å²) in [4.78, 5) is 48.8. The van der Waals surface area contributed by atoms with Gasteiger partial charge in [0.2, 0.25) is 5.91 Å². The Labute approximate surface area is 172 Å². The SMILES string of the molecule is Cc1cccc(C(=O)NN2C[C@@H](C(=O)OCC(=O)c3ccc(Cl)cc3)CC2=O)c1. The first-order valence-electron chi connectivity index (χ1n) is 8.97. The first-order chi connectivity index (χ1) is 13.8. The van der Waals surface area contributed by atoms with Gasteiger partial charge in [-0.25, -0.2) is 0 Å². The van der Waals surface area contributed by atoms with Crippen LogP contribution in [0.1, 0.15) is 32.7 Å². The van der Waals surface area contributed by atoms with Gasteiger partial charge < -0.3 is 4.74 Å². The number of hydrogen-bond acceptors (Lipinski definition) is 5. The summed E-state index contributed by atoms with van der Waals surface area (Å²) in [5, 5.41) is 1.60. The van der Waals surface area contributed by atoms with E-state index in [2.05, 4.69) is 5.43 Å². The number of esters is 1. The molecule has 0 radical (unpaired) electrons. The first-order valence-corrected chi connectivity index (χ1v) is 9.34. The van der Waals surface area contributed by atoms with E-state index < -0.39 is 30.3 Å². The maximum absolute atomic E-state index is 12.3. The van der Waals surface area contributed by atoms with Crippen molar-refractivity contribution in [1.29, 1.82) is 0 Å². The van der Waals surface area contributed by atoms with Crippen molar-refractivity contribution < 1.29 is 23.9 Å². The molecular weight excluding hydrogens is 396 g/mol. The van der Waals surface area contributed by atoms with Gasteiger partial charge in [-0.3, -0.25) is 29.6 Å². The number of hydrogen-bond donors (Lipinski definition) is 1. The van der Waals surface area contributed by atoms with E-state index in [4.69, 9.17) is 16.3 Å². The molecule has 1 fully saturated rings. The second kappa shape index (κ2) is 8.87. The van der Waals surface area contributed by atoms with Crippen molar-refractivity contribution in [2.75, 3.05) is 13.2 Å². The molecule has 0 unspecified atom stereocenters. The summed E-state index contributed by atoms with van der Waals surface area (Å²) in [5.41, 5.74) is 4.21. The fraction of sp³-hybridized carbons (Fsp3) is 0.238. The minimum absolute atomic E-state index is 0.00957. The van der Waals surface area contributed by atoms with Crippen molar-refractivity contribution in [2.45, 2.75) is 13.3 Å². The zero-order valence-electron chi connectivity index (χ0n) is 15.7. The molecule has 2 aromatic carbocycles. The Kier molecular flexibility index (Phi) is 6.29. The summed E-state index contributed by atoms with van der Waals surface area (Å²) in [6.45, 7) is 1.42. The average molecular weight is 415 g/mol. The van der Waals surface area contributed by atoms with Crippen molar-refractivity contribution in [3.63, 3.8) is 0 Å². The van der Waals surface area contributed by atoms with E-state index in [1.807, 2.05) is 13.0 Å². The van der Waals surface area contributed by atoms with Gasteiger partial charge in [0.1, 0.15) is 0 Å². The van der Waals surface area contributed by atoms with Crippen LogP contribution >= 0.6 is 11.6 Å². The molecule has 8 heteroatoms. The van der Waals surface area contributed by atoms with E-state index >= 15 is 0 Å². The van der Waals surface area contributed by atoms with Crippen LogP contribution in [0.2, 0.25) is 5.02 Å². The number of ketones is 1. The minimum Gasteiger partial charge on any atom is -0.457 e. The molecule has 29 heavy (non-hydrogen) atoms. The summed E-state index contributed by atoms with van der Waals surface area (Å²) in [7, 11) is 0. The van der Waals surface area contributed by atoms with Crippen LogP contribution in [0.4, 0.5) is 0 Å². The molecule has 1 aliphatic rings. The van der Waals surface area contributed by atoms with E-state index in [-0.39, 0.29) is 18.7 Å². The Morgan fingerprint density at radius 1 is 1.14 bits per heavy atom. The van der Waals surface area contributed by atoms with Crippen LogP contribution in [0, 0.1) is 12.8 Å². The number of halogens is 1. The first kappa shape index (κ1) is 20.5. The van der Waals surface area contributed by atoms with Gasteiger partial charge in [-0.15, -0.1) is 0 Å². The summed E-state index contributed by atoms with van der Waals surface area (Å²) >= 11 is 5.78. The normalized spacial score (nSPS) is 15.9. The third-order valence-corrected chi connectivity index (χ3v) is 4.74. The highest BCUT2D eigenvalue weighted by Crippen LogP contribution is 2.18. The number of ether oxygens (including phenoxy) is 1. The van der Waals surface area contributed by atoms with Crippen LogP contribution in [0.15, 0.2) is 48.5 Å². The number of carbonyl (C=O) groups is 4. The molecule has 0 bridgehead atoms. The number of benzene rings is 2. The molecule has 3 rings (SSSR count). The topological polar surface area (TPSA) is 92.8 Å². The van der Waals surface area contributed by atoms with Crippen molar-refractivity contribution in [2.24, 2.45) is 5.92 Å². The Morgan fingerprint density at radius 2 is 1.86 bits per heavy atom. The Hall–Kier alpha value is -3.19. The zero-order chi connectivity index (χ0) is 21.0. The van der Waals surface area contributed by atoms with Gasteiger partial charge in [-0.05, 0) is 43.3 Å². The van der Waals surface area contributed by atoms with Crippen molar-refractivity contribution in [3.05, 3.63) is 70.2 Å². The minimum atomic E-state index is -0.752. The monoisotopic (exact) mass is 414 g/mol. The molecule has 1 N–H and O–H groups in total. The van der Waals surface area contributed by atoms with Crippen LogP contribution in [-0.2, 0) is 14.3 Å². The highest BCUT2D eigenvalue weighted by molar-refractivity contribution is 6.30. The van der Waals surface area contributed by atoms with Gasteiger partial charge in [-0.2, -0.15) is 0 Å². The molecule has 150 valence electrons. The molecule has 1 aliphatic heterocycles. The quantitative estimate of drug-likeness (QED) is 0.579. The van der Waals surface area contributed by atoms with Crippen LogP contribution in [0.5, 0.6) is 0 Å². The van der Waals surface area contributed by atoms with Gasteiger partial charge in [0.15, 0.2) is 12.4 Å². The van der Waals surface area contributed by atoms with E-state index in [0.29, 0.717) is 16.1 Å². The van der Waals surface area contributed by atoms with Gasteiger partial charge in [0, 0.05) is 22.6 Å². The van der Waals surface area contributed by atoms with E-state index in [1.165, 1.54) is 0 Å². The third-order valence-electron chi connectivity index (χ3n) is 4.49. The number of carbonyl (C=O) groups excluding carboxylic acids is 4. The van der Waals surface area contributed by atoms with Crippen LogP contribution in [0.25, 0.3) is 0 Å². The second-order valence-corrected chi connectivity index (χ2v) is 7.19. The van der Waals surface area contributed by atoms with Crippen molar-refractivity contribution in [3.8, 4) is 0 Å². The lowest BCUT2D eigenvalue weighted by Gasteiger charge is -2.17. The summed E-state index contributed by atoms with van der Waals surface area (Å²) < 4.78 is 5.06. The van der Waals surface area contributed by atoms with Crippen LogP contribution in [0.3, 0.4) is 0 Å². The average Bonchev–Trinajstić information content (AvgIpc) is 3.07. The van der Waals surface area contributed by atoms with Crippen molar-refractivity contribution >= 4 is 35.2 Å². The number of rotatable bonds is 6. The van der Waals surface area contributed by atoms with Crippen LogP contribution < -0.4 is 5.43 Å². The number of amides is 2. The molecule has 1 saturated heterocycles. The molecule has 0 aliphatic carbocycles. The number of aryl methyl sites for hydroxylation is 1. The molecule has 1 heterocycles. The van der Waals surface area contributed by atoms with Gasteiger partial charge >= 0.3 is 5.97 Å². The highest BCUT2D eigenvalue weighted by Gasteiger charge is 2.36. The third kappa shape index (κ3) is 5.20. The van der Waals surface area contributed by atoms with Crippen molar-refractivity contribution in [1.82, 2.24) is 10.4 Å². The predicted octanol–water partition coefficient (Wildman–Crippen LogP) is 2.57. The Balaban J connectivity index is 1.52. The lowest BCUT2D eigenvalue weighted by atomic mass is 10.1. The number of nitrogens with zero attached hydrogens (tertiary/aromatic N) is 1. The molecule has 0 spiro atoms. The summed E-state index contributed by atoms with van der Waals surface area (Å²) in [5.74, 6) is -2.61. The Morgan fingerprint density at radius 3 is 2.55 bits per heavy atom. The maximum Gasteiger partial charge on any atom is 0.311 e. The number of hydrazine groups is 1. The highest BCUT2D eigenvalue weighted by atomic mass is 35.5. The Bertz CT molecular complexity index is 958. The number of Topliss-reactive ketones (excluding diaryl/α,β-unsaturated/α-hetero) is 1. The van der Waals surface area contributed by atoms with E-state index in [0.717, 1.165) is 10.6 Å². The predicted molar refractivity (Wildman–Crippen MR) is 105 cm³/mol. The number of nitrogens with one attached hydrogen (secondary N) is 1. The standard InChI is InChI=1S/C21H19ClN2O5/c1-13-3-2-4-15(9-13)20(27)23-24-11-16(10-19(24)26)21(28)29-12-18(25)14-5-7-17(22)8-6-14/h2-9,16H,10-12H2,1H3,(H,23,27)/t16-/m0/s1. The van der Waals surface area contributed by atoms with Crippen LogP contribution in [-0.4, -0.2) is 41.7 Å². The molecule has 7 nitrogen and oxygen atoms in total. The lowest BCUT2D eigenvalue weighted by Crippen LogP contribution is -2.43. The summed E-state index contributed by atoms with van der Waals surface area (Å²) in [6.07, 6.45) is -0.0952. The van der Waals surface area contributed by atoms with Gasteiger partial charge in [0.25, 0.3) is 5.91 Å². The smallest absolute Gasteiger partial charge is 0.311 e. The largest absolute Gasteiger partial charge is 0.457 e. The molecule has 2 amide bonds. The second-order valence-electron chi connectivity index (χ2n) is 6.75. The maximum atomic E-state index is 12.3. The molecule has 1 atom stereocenters. The molecule has 2 aromatic rings. The molecular formula is C21H19ClN2O5. The lowest BCUT2D eigenvalue weighted by molar-refractivity contribution is -0.147. The van der Waals surface area contributed by atoms with E-state index in [9.17, 15) is 19.2 Å². The van der Waals surface area contributed by atoms with Gasteiger partial charge in [0.05, 0.1) is 12.5 Å². The zero-order valence-corrected chi connectivity index (χ0v) is 16.4.